The van der Waals surface area contributed by atoms with E-state index in [1.54, 1.807) is 50.8 Å². The van der Waals surface area contributed by atoms with Gasteiger partial charge in [0, 0.05) is 43.0 Å². The smallest absolute Gasteiger partial charge is 0.415 e. The van der Waals surface area contributed by atoms with Crippen LogP contribution in [0, 0.1) is 0 Å². The summed E-state index contributed by atoms with van der Waals surface area (Å²) in [4.78, 5) is 52.2. The molecule has 8 nitrogen and oxygen atoms in total. The third kappa shape index (κ3) is 7.40. The van der Waals surface area contributed by atoms with Crippen LogP contribution >= 0.6 is 21.6 Å². The maximum Gasteiger partial charge on any atom is 0.415 e. The minimum atomic E-state index is -0.502. The highest BCUT2D eigenvalue weighted by molar-refractivity contribution is 8.76. The lowest BCUT2D eigenvalue weighted by Crippen LogP contribution is -2.65. The lowest BCUT2D eigenvalue weighted by molar-refractivity contribution is -0.155. The van der Waals surface area contributed by atoms with Gasteiger partial charge in [-0.1, -0.05) is 21.6 Å². The molecule has 0 bridgehead atoms. The summed E-state index contributed by atoms with van der Waals surface area (Å²) < 4.78 is 10.9. The second-order valence-corrected chi connectivity index (χ2v) is 11.9. The van der Waals surface area contributed by atoms with Crippen LogP contribution < -0.4 is 4.74 Å². The Morgan fingerprint density at radius 3 is 2.18 bits per heavy atom. The highest BCUT2D eigenvalue weighted by Gasteiger charge is 2.43. The maximum atomic E-state index is 13.0. The fourth-order valence-corrected chi connectivity index (χ4v) is 6.68. The van der Waals surface area contributed by atoms with Gasteiger partial charge in [0.15, 0.2) is 0 Å². The maximum absolute atomic E-state index is 13.0. The Labute approximate surface area is 208 Å². The zero-order valence-corrected chi connectivity index (χ0v) is 21.5. The molecule has 2 aliphatic rings. The Bertz CT molecular complexity index is 886. The number of benzene rings is 1. The van der Waals surface area contributed by atoms with Crippen molar-refractivity contribution in [3.8, 4) is 5.75 Å². The summed E-state index contributed by atoms with van der Waals surface area (Å²) in [6.45, 7) is 6.37. The van der Waals surface area contributed by atoms with Crippen LogP contribution in [0.4, 0.5) is 4.79 Å². The summed E-state index contributed by atoms with van der Waals surface area (Å²) in [5.74, 6) is 1.67. The van der Waals surface area contributed by atoms with Crippen molar-refractivity contribution in [2.45, 2.75) is 64.1 Å². The lowest BCUT2D eigenvalue weighted by Gasteiger charge is -2.48. The Kier molecular flexibility index (Phi) is 9.30. The first-order chi connectivity index (χ1) is 16.2. The van der Waals surface area contributed by atoms with Gasteiger partial charge in [0.1, 0.15) is 17.6 Å². The summed E-state index contributed by atoms with van der Waals surface area (Å²) >= 11 is 0. The van der Waals surface area contributed by atoms with E-state index >= 15 is 0 Å². The van der Waals surface area contributed by atoms with E-state index in [0.29, 0.717) is 50.1 Å². The van der Waals surface area contributed by atoms with E-state index in [1.807, 2.05) is 25.7 Å². The molecule has 2 aliphatic heterocycles. The molecule has 0 radical (unpaired) electrons. The standard InChI is InChI=1S/C24H32N2O6S2/c1-24(2,3)32-22(29)7-5-4-6-21(28)25-12-13-26(20-16-34-33-15-19(20)25)23(30)31-18-10-8-17(14-27)9-11-18/h8-11,14,19-20H,4-7,12-13,15-16H2,1-3H3/t19-,20-/m0/s1. The number of carbonyl (C=O) groups excluding carboxylic acids is 4. The first-order valence-electron chi connectivity index (χ1n) is 11.5. The minimum Gasteiger partial charge on any atom is -0.460 e. The topological polar surface area (TPSA) is 93.2 Å². The zero-order chi connectivity index (χ0) is 24.7. The van der Waals surface area contributed by atoms with Gasteiger partial charge in [-0.25, -0.2) is 4.79 Å². The zero-order valence-electron chi connectivity index (χ0n) is 19.9. The van der Waals surface area contributed by atoms with E-state index in [2.05, 4.69) is 0 Å². The van der Waals surface area contributed by atoms with Gasteiger partial charge in [-0.15, -0.1) is 0 Å². The van der Waals surface area contributed by atoms with Crippen molar-refractivity contribution in [3.63, 3.8) is 0 Å². The predicted molar refractivity (Wildman–Crippen MR) is 133 cm³/mol. The molecule has 1 aromatic carbocycles. The molecule has 0 aromatic heterocycles. The van der Waals surface area contributed by atoms with Crippen molar-refractivity contribution in [2.75, 3.05) is 24.6 Å². The normalized spacial score (nSPS) is 20.3. The monoisotopic (exact) mass is 508 g/mol. The van der Waals surface area contributed by atoms with Gasteiger partial charge in [-0.3, -0.25) is 14.4 Å². The number of ether oxygens (including phenoxy) is 2. The molecule has 2 heterocycles. The van der Waals surface area contributed by atoms with Gasteiger partial charge in [0.2, 0.25) is 5.91 Å². The predicted octanol–water partition coefficient (Wildman–Crippen LogP) is 4.18. The van der Waals surface area contributed by atoms with Crippen LogP contribution in [-0.2, 0) is 14.3 Å². The molecule has 2 amide bonds. The molecular formula is C24H32N2O6S2. The molecule has 0 spiro atoms. The molecule has 10 heteroatoms. The third-order valence-electron chi connectivity index (χ3n) is 5.61. The fourth-order valence-electron chi connectivity index (χ4n) is 3.99. The van der Waals surface area contributed by atoms with E-state index < -0.39 is 11.7 Å². The number of amides is 2. The summed E-state index contributed by atoms with van der Waals surface area (Å²) in [5.41, 5.74) is 0.0111. The van der Waals surface area contributed by atoms with E-state index in [1.165, 1.54) is 0 Å². The molecule has 1 aromatic rings. The van der Waals surface area contributed by atoms with Gasteiger partial charge in [0.25, 0.3) is 0 Å². The average molecular weight is 509 g/mol. The SMILES string of the molecule is CC(C)(C)OC(=O)CCCCC(=O)N1CCN(C(=O)Oc2ccc(C=O)cc2)[C@H]2CSSC[C@@H]21. The number of hydrogen-bond acceptors (Lipinski definition) is 8. The van der Waals surface area contributed by atoms with Crippen molar-refractivity contribution in [1.29, 1.82) is 0 Å². The largest absolute Gasteiger partial charge is 0.460 e. The van der Waals surface area contributed by atoms with Crippen LogP contribution in [-0.4, -0.2) is 76.3 Å². The molecule has 34 heavy (non-hydrogen) atoms. The number of nitrogens with zero attached hydrogens (tertiary/aromatic N) is 2. The number of esters is 1. The summed E-state index contributed by atoms with van der Waals surface area (Å²) in [7, 11) is 3.41. The molecule has 0 saturated carbocycles. The van der Waals surface area contributed by atoms with Crippen LogP contribution in [0.5, 0.6) is 5.75 Å². The number of unbranched alkanes of at least 4 members (excludes halogenated alkanes) is 1. The number of fused-ring (bicyclic) bond motifs is 1. The van der Waals surface area contributed by atoms with Crippen LogP contribution in [0.15, 0.2) is 24.3 Å². The van der Waals surface area contributed by atoms with Gasteiger partial charge < -0.3 is 19.3 Å². The van der Waals surface area contributed by atoms with E-state index in [9.17, 15) is 19.2 Å². The van der Waals surface area contributed by atoms with Crippen LogP contribution in [0.3, 0.4) is 0 Å². The summed E-state index contributed by atoms with van der Waals surface area (Å²) in [6.07, 6.45) is 2.20. The van der Waals surface area contributed by atoms with Gasteiger partial charge in [-0.2, -0.15) is 0 Å². The highest BCUT2D eigenvalue weighted by Crippen LogP contribution is 2.36. The molecule has 2 saturated heterocycles. The minimum absolute atomic E-state index is 0.0594. The Hall–Kier alpha value is -2.20. The fraction of sp³-hybridized carbons (Fsp3) is 0.583. The second kappa shape index (κ2) is 12.0. The van der Waals surface area contributed by atoms with Crippen molar-refractivity contribution in [2.24, 2.45) is 0 Å². The Morgan fingerprint density at radius 1 is 0.971 bits per heavy atom. The summed E-state index contributed by atoms with van der Waals surface area (Å²) in [6, 6.07) is 6.22. The van der Waals surface area contributed by atoms with Crippen LogP contribution in [0.25, 0.3) is 0 Å². The molecule has 2 fully saturated rings. The molecule has 0 unspecified atom stereocenters. The summed E-state index contributed by atoms with van der Waals surface area (Å²) in [5, 5.41) is 0. The van der Waals surface area contributed by atoms with E-state index in [4.69, 9.17) is 9.47 Å². The number of rotatable bonds is 7. The first kappa shape index (κ1) is 26.4. The van der Waals surface area contributed by atoms with Gasteiger partial charge in [0.05, 0.1) is 12.1 Å². The molecule has 0 N–H and O–H groups in total. The van der Waals surface area contributed by atoms with Crippen molar-refractivity contribution >= 4 is 45.8 Å². The number of carbonyl (C=O) groups is 4. The molecule has 0 aliphatic carbocycles. The lowest BCUT2D eigenvalue weighted by atomic mass is 10.0. The highest BCUT2D eigenvalue weighted by atomic mass is 33.1. The van der Waals surface area contributed by atoms with Crippen LogP contribution in [0.2, 0.25) is 0 Å². The number of piperazine rings is 1. The van der Waals surface area contributed by atoms with E-state index in [-0.39, 0.29) is 24.0 Å². The average Bonchev–Trinajstić information content (AvgIpc) is 2.80. The Morgan fingerprint density at radius 2 is 1.56 bits per heavy atom. The van der Waals surface area contributed by atoms with Crippen molar-refractivity contribution in [3.05, 3.63) is 29.8 Å². The Balaban J connectivity index is 1.52. The molecule has 3 rings (SSSR count). The van der Waals surface area contributed by atoms with Crippen molar-refractivity contribution < 1.29 is 28.7 Å². The molecule has 186 valence electrons. The third-order valence-corrected chi connectivity index (χ3v) is 8.04. The van der Waals surface area contributed by atoms with E-state index in [0.717, 1.165) is 17.8 Å². The van der Waals surface area contributed by atoms with Crippen molar-refractivity contribution in [1.82, 2.24) is 9.80 Å². The number of hydrogen-bond donors (Lipinski definition) is 0. The quantitative estimate of drug-likeness (QED) is 0.234. The van der Waals surface area contributed by atoms with Gasteiger partial charge in [-0.05, 0) is 57.9 Å². The first-order valence-corrected chi connectivity index (χ1v) is 14.0. The van der Waals surface area contributed by atoms with Gasteiger partial charge >= 0.3 is 12.1 Å². The van der Waals surface area contributed by atoms with Crippen LogP contribution in [0.1, 0.15) is 56.8 Å². The second-order valence-electron chi connectivity index (χ2n) is 9.33. The molecule has 2 atom stereocenters. The number of aldehydes is 1. The molecular weight excluding hydrogens is 476 g/mol.